The Morgan fingerprint density at radius 3 is 2.07 bits per heavy atom. The minimum Gasteiger partial charge on any atom is -0.497 e. The molecule has 8 nitrogen and oxygen atoms in total. The lowest BCUT2D eigenvalue weighted by Gasteiger charge is -2.57. The van der Waals surface area contributed by atoms with Gasteiger partial charge in [0.1, 0.15) is 18.3 Å². The fourth-order valence-corrected chi connectivity index (χ4v) is 9.60. The number of sulfonamides is 1. The van der Waals surface area contributed by atoms with E-state index < -0.39 is 28.5 Å². The van der Waals surface area contributed by atoms with Crippen LogP contribution in [0.15, 0.2) is 78.9 Å². The third-order valence-electron chi connectivity index (χ3n) is 10.5. The molecular weight excluding hydrogens is 598 g/mol. The van der Waals surface area contributed by atoms with Gasteiger partial charge in [0.05, 0.1) is 19.1 Å². The summed E-state index contributed by atoms with van der Waals surface area (Å²) in [6, 6.07) is 23.9. The molecule has 2 amide bonds. The Labute approximate surface area is 273 Å². The Bertz CT molecular complexity index is 1620. The van der Waals surface area contributed by atoms with Crippen molar-refractivity contribution in [3.8, 4) is 5.75 Å². The van der Waals surface area contributed by atoms with Crippen molar-refractivity contribution < 1.29 is 22.7 Å². The van der Waals surface area contributed by atoms with Gasteiger partial charge in [0.15, 0.2) is 0 Å². The summed E-state index contributed by atoms with van der Waals surface area (Å²) >= 11 is 0. The summed E-state index contributed by atoms with van der Waals surface area (Å²) in [5.74, 6) is 2.23. The maximum atomic E-state index is 14.3. The number of hydrogen-bond acceptors (Lipinski definition) is 5. The molecule has 3 aromatic rings. The first-order valence-electron chi connectivity index (χ1n) is 16.3. The quantitative estimate of drug-likeness (QED) is 0.289. The molecule has 0 unspecified atom stereocenters. The summed E-state index contributed by atoms with van der Waals surface area (Å²) in [4.78, 5) is 29.1. The highest BCUT2D eigenvalue weighted by atomic mass is 32.2. The normalized spacial score (nSPS) is 23.8. The first-order chi connectivity index (χ1) is 22.1. The molecule has 0 aromatic heterocycles. The fraction of sp³-hybridized carbons (Fsp3) is 0.459. The summed E-state index contributed by atoms with van der Waals surface area (Å²) in [7, 11) is -0.716. The van der Waals surface area contributed by atoms with E-state index >= 15 is 0 Å². The Balaban J connectivity index is 1.30. The Morgan fingerprint density at radius 1 is 0.891 bits per heavy atom. The SMILES string of the molecule is CNC(=O)[C@@H](Cc1ccccc1)N(Cc1cccc(OC)c1)C(=O)CN(c1ccc(C23CC4CC(CC(C4)C2)C3)cc1)S(C)(=O)=O. The van der Waals surface area contributed by atoms with Gasteiger partial charge in [-0.1, -0.05) is 54.6 Å². The van der Waals surface area contributed by atoms with Crippen LogP contribution in [0.5, 0.6) is 5.75 Å². The molecule has 4 fully saturated rings. The lowest BCUT2D eigenvalue weighted by molar-refractivity contribution is -0.139. The number of amides is 2. The minimum atomic E-state index is -3.83. The number of rotatable bonds is 12. The summed E-state index contributed by atoms with van der Waals surface area (Å²) in [5, 5.41) is 2.72. The number of nitrogens with zero attached hydrogens (tertiary/aromatic N) is 2. The first-order valence-corrected chi connectivity index (χ1v) is 18.2. The summed E-state index contributed by atoms with van der Waals surface area (Å²) in [6.45, 7) is -0.328. The van der Waals surface area contributed by atoms with Crippen LogP contribution in [0.25, 0.3) is 0 Å². The number of likely N-dealkylation sites (N-methyl/N-ethyl adjacent to an activating group) is 1. The molecule has 9 heteroatoms. The van der Waals surface area contributed by atoms with Crippen LogP contribution < -0.4 is 14.4 Å². The van der Waals surface area contributed by atoms with Crippen molar-refractivity contribution in [3.05, 3.63) is 95.6 Å². The van der Waals surface area contributed by atoms with Crippen LogP contribution in [-0.2, 0) is 38.0 Å². The number of anilines is 1. The second-order valence-corrected chi connectivity index (χ2v) is 15.6. The van der Waals surface area contributed by atoms with Gasteiger partial charge >= 0.3 is 0 Å². The molecule has 0 saturated heterocycles. The van der Waals surface area contributed by atoms with Crippen molar-refractivity contribution in [1.82, 2.24) is 10.2 Å². The summed E-state index contributed by atoms with van der Waals surface area (Å²) in [5.41, 5.74) is 3.58. The van der Waals surface area contributed by atoms with Crippen molar-refractivity contribution in [1.29, 1.82) is 0 Å². The van der Waals surface area contributed by atoms with Crippen LogP contribution in [0.4, 0.5) is 5.69 Å². The second kappa shape index (κ2) is 13.1. The van der Waals surface area contributed by atoms with E-state index in [2.05, 4.69) is 17.4 Å². The maximum Gasteiger partial charge on any atom is 0.244 e. The van der Waals surface area contributed by atoms with E-state index in [1.807, 2.05) is 66.7 Å². The Morgan fingerprint density at radius 2 is 1.50 bits per heavy atom. The van der Waals surface area contributed by atoms with Gasteiger partial charge in [-0.2, -0.15) is 0 Å². The monoisotopic (exact) mass is 643 g/mol. The molecule has 4 aliphatic carbocycles. The average Bonchev–Trinajstić information content (AvgIpc) is 3.04. The zero-order valence-electron chi connectivity index (χ0n) is 27.0. The topological polar surface area (TPSA) is 96.0 Å². The lowest BCUT2D eigenvalue weighted by Crippen LogP contribution is -2.52. The molecule has 0 radical (unpaired) electrons. The third kappa shape index (κ3) is 6.80. The molecule has 1 atom stereocenters. The number of methoxy groups -OCH3 is 1. The molecule has 0 aliphatic heterocycles. The summed E-state index contributed by atoms with van der Waals surface area (Å²) < 4.78 is 33.1. The smallest absolute Gasteiger partial charge is 0.244 e. The number of hydrogen-bond donors (Lipinski definition) is 1. The largest absolute Gasteiger partial charge is 0.497 e. The predicted octanol–water partition coefficient (Wildman–Crippen LogP) is 5.32. The van der Waals surface area contributed by atoms with Crippen LogP contribution in [0.1, 0.15) is 55.2 Å². The van der Waals surface area contributed by atoms with Gasteiger partial charge in [0.2, 0.25) is 21.8 Å². The molecule has 1 N–H and O–H groups in total. The second-order valence-electron chi connectivity index (χ2n) is 13.7. The van der Waals surface area contributed by atoms with Crippen molar-refractivity contribution in [2.45, 2.75) is 62.9 Å². The zero-order chi connectivity index (χ0) is 32.5. The van der Waals surface area contributed by atoms with E-state index in [1.54, 1.807) is 14.2 Å². The highest BCUT2D eigenvalue weighted by molar-refractivity contribution is 7.92. The maximum absolute atomic E-state index is 14.3. The minimum absolute atomic E-state index is 0.101. The molecule has 4 aliphatic rings. The number of carbonyl (C=O) groups is 2. The molecular formula is C37H45N3O5S. The van der Waals surface area contributed by atoms with Gasteiger partial charge < -0.3 is 15.0 Å². The Hall–Kier alpha value is -3.85. The third-order valence-corrected chi connectivity index (χ3v) is 11.6. The number of benzene rings is 3. The molecule has 3 aromatic carbocycles. The average molecular weight is 644 g/mol. The standard InChI is InChI=1S/C37H45N3O5S/c1-38-36(42)34(20-26-8-5-4-6-9-26)39(24-27-10-7-11-33(19-27)45-2)35(41)25-40(46(3,43)44)32-14-12-31(13-15-32)37-21-28-16-29(22-37)18-30(17-28)23-37/h4-15,19,28-30,34H,16-18,20-25H2,1-3H3,(H,38,42)/t28?,29?,30?,34-,37?/m1/s1. The van der Waals surface area contributed by atoms with Crippen LogP contribution in [0.2, 0.25) is 0 Å². The van der Waals surface area contributed by atoms with Crippen LogP contribution in [-0.4, -0.2) is 58.1 Å². The van der Waals surface area contributed by atoms with E-state index in [9.17, 15) is 18.0 Å². The highest BCUT2D eigenvalue weighted by Crippen LogP contribution is 2.60. The van der Waals surface area contributed by atoms with Gasteiger partial charge in [0, 0.05) is 20.0 Å². The molecule has 4 bridgehead atoms. The van der Waals surface area contributed by atoms with Crippen LogP contribution in [0.3, 0.4) is 0 Å². The van der Waals surface area contributed by atoms with Crippen molar-refractivity contribution in [2.24, 2.45) is 17.8 Å². The molecule has 0 spiro atoms. The Kier molecular flexibility index (Phi) is 9.15. The van der Waals surface area contributed by atoms with Gasteiger partial charge in [-0.15, -0.1) is 0 Å². The van der Waals surface area contributed by atoms with Crippen molar-refractivity contribution in [3.63, 3.8) is 0 Å². The number of nitrogens with one attached hydrogen (secondary N) is 1. The summed E-state index contributed by atoms with van der Waals surface area (Å²) in [6.07, 6.45) is 9.11. The van der Waals surface area contributed by atoms with Crippen molar-refractivity contribution >= 4 is 27.5 Å². The fourth-order valence-electron chi connectivity index (χ4n) is 8.75. The number of ether oxygens (including phenoxy) is 1. The molecule has 4 saturated carbocycles. The molecule has 46 heavy (non-hydrogen) atoms. The van der Waals surface area contributed by atoms with E-state index in [4.69, 9.17) is 4.74 Å². The zero-order valence-corrected chi connectivity index (χ0v) is 27.8. The molecule has 0 heterocycles. The predicted molar refractivity (Wildman–Crippen MR) is 180 cm³/mol. The van der Waals surface area contributed by atoms with E-state index in [0.717, 1.165) is 35.1 Å². The highest BCUT2D eigenvalue weighted by Gasteiger charge is 2.51. The van der Waals surface area contributed by atoms with Gasteiger partial charge in [-0.3, -0.25) is 13.9 Å². The van der Waals surface area contributed by atoms with Gasteiger partial charge in [-0.05, 0) is 103 Å². The van der Waals surface area contributed by atoms with Gasteiger partial charge in [0.25, 0.3) is 0 Å². The van der Waals surface area contributed by atoms with E-state index in [1.165, 1.54) is 53.3 Å². The van der Waals surface area contributed by atoms with Crippen molar-refractivity contribution in [2.75, 3.05) is 31.3 Å². The molecule has 244 valence electrons. The molecule has 7 rings (SSSR count). The van der Waals surface area contributed by atoms with E-state index in [-0.39, 0.29) is 24.3 Å². The first kappa shape index (κ1) is 32.1. The van der Waals surface area contributed by atoms with Gasteiger partial charge in [-0.25, -0.2) is 8.42 Å². The number of carbonyl (C=O) groups excluding carboxylic acids is 2. The van der Waals surface area contributed by atoms with Crippen LogP contribution in [0, 0.1) is 17.8 Å². The lowest BCUT2D eigenvalue weighted by atomic mass is 9.48. The van der Waals surface area contributed by atoms with E-state index in [0.29, 0.717) is 11.4 Å². The van der Waals surface area contributed by atoms with Crippen LogP contribution >= 0.6 is 0 Å².